The Morgan fingerprint density at radius 2 is 0.877 bits per heavy atom. The molecule has 12 rings (SSSR count). The Kier molecular flexibility index (Phi) is 7.07. The number of hydrogen-bond donors (Lipinski definition) is 0. The quantitative estimate of drug-likeness (QED) is 0.163. The van der Waals surface area contributed by atoms with Crippen LogP contribution in [0.15, 0.2) is 206 Å². The standard InChI is InChI=1S/C52H34GeN4/c1-5-19-35(20-6-1)50-49-39-27-13-16-30-42(39)53(36-21-7-2-8-22-36,37-23-9-3-10-24-37)51(49)55-52(54-50)57-44-32-18-15-29-41(44)48-46(57)34-33-45-47(48)40-28-14-17-31-43(40)56(45)38-25-11-4-12-26-38/h1-34H. The van der Waals surface area contributed by atoms with E-state index in [-0.39, 0.29) is 0 Å². The first kappa shape index (κ1) is 32.2. The zero-order valence-electron chi connectivity index (χ0n) is 30.9. The number of aromatic nitrogens is 4. The van der Waals surface area contributed by atoms with Crippen LogP contribution in [0.2, 0.25) is 0 Å². The number of hydrogen-bond acceptors (Lipinski definition) is 2. The topological polar surface area (TPSA) is 35.6 Å². The van der Waals surface area contributed by atoms with Crippen LogP contribution in [-0.4, -0.2) is 32.4 Å². The van der Waals surface area contributed by atoms with Gasteiger partial charge < -0.3 is 0 Å². The van der Waals surface area contributed by atoms with Crippen LogP contribution in [0.3, 0.4) is 0 Å². The van der Waals surface area contributed by atoms with Gasteiger partial charge in [-0.3, -0.25) is 0 Å². The Morgan fingerprint density at radius 3 is 1.51 bits per heavy atom. The summed E-state index contributed by atoms with van der Waals surface area (Å²) in [4.78, 5) is 11.6. The number of nitrogens with zero attached hydrogens (tertiary/aromatic N) is 4. The number of para-hydroxylation sites is 3. The minimum absolute atomic E-state index is 0.694. The summed E-state index contributed by atoms with van der Waals surface area (Å²) < 4.78 is 10.0. The summed E-state index contributed by atoms with van der Waals surface area (Å²) in [6, 6.07) is 75.0. The van der Waals surface area contributed by atoms with Crippen LogP contribution in [0.1, 0.15) is 0 Å². The van der Waals surface area contributed by atoms with E-state index < -0.39 is 13.3 Å². The second-order valence-electron chi connectivity index (χ2n) is 14.9. The van der Waals surface area contributed by atoms with Crippen LogP contribution < -0.4 is 17.7 Å². The summed E-state index contributed by atoms with van der Waals surface area (Å²) in [5.74, 6) is 0.694. The molecule has 0 radical (unpaired) electrons. The molecule has 0 unspecified atom stereocenters. The van der Waals surface area contributed by atoms with E-state index in [2.05, 4.69) is 215 Å². The SMILES string of the molecule is c1ccc(-c2nc(-n3c4ccccc4c4c5c6ccccc6n(-c6ccccc6)c5ccc43)n[c]3c2-c2cccc[c]2[Ge]3([c]2ccccc2)[c]2ccccc2)cc1. The number of rotatable bonds is 5. The maximum absolute atomic E-state index is 5.93. The van der Waals surface area contributed by atoms with Crippen molar-refractivity contribution >= 4 is 74.6 Å². The van der Waals surface area contributed by atoms with Gasteiger partial charge in [-0.1, -0.05) is 6.07 Å². The van der Waals surface area contributed by atoms with E-state index in [1.54, 1.807) is 0 Å². The third-order valence-electron chi connectivity index (χ3n) is 12.0. The molecule has 0 saturated carbocycles. The van der Waals surface area contributed by atoms with Crippen molar-refractivity contribution in [2.75, 3.05) is 0 Å². The molecular formula is C52H34GeN4. The molecule has 4 nitrogen and oxygen atoms in total. The fourth-order valence-corrected chi connectivity index (χ4v) is 20.2. The molecule has 5 heteroatoms. The van der Waals surface area contributed by atoms with Gasteiger partial charge >= 0.3 is 328 Å². The van der Waals surface area contributed by atoms with Crippen molar-refractivity contribution in [2.45, 2.75) is 0 Å². The summed E-state index contributed by atoms with van der Waals surface area (Å²) in [7, 11) is 0. The number of benzene rings is 8. The van der Waals surface area contributed by atoms with E-state index in [0.29, 0.717) is 5.95 Å². The normalized spacial score (nSPS) is 13.1. The summed E-state index contributed by atoms with van der Waals surface area (Å²) in [6.45, 7) is 0. The zero-order chi connectivity index (χ0) is 37.5. The Labute approximate surface area is 332 Å². The van der Waals surface area contributed by atoms with Crippen LogP contribution in [0.4, 0.5) is 0 Å². The average molecular weight is 787 g/mol. The van der Waals surface area contributed by atoms with E-state index in [1.807, 2.05) is 0 Å². The third-order valence-corrected chi connectivity index (χ3v) is 21.9. The molecule has 0 amide bonds. The van der Waals surface area contributed by atoms with Gasteiger partial charge in [0.25, 0.3) is 0 Å². The van der Waals surface area contributed by atoms with Crippen LogP contribution in [-0.2, 0) is 0 Å². The van der Waals surface area contributed by atoms with Crippen LogP contribution >= 0.6 is 0 Å². The summed E-state index contributed by atoms with van der Waals surface area (Å²) in [5, 5.41) is 4.85. The van der Waals surface area contributed by atoms with Crippen molar-refractivity contribution in [3.8, 4) is 34.0 Å². The van der Waals surface area contributed by atoms with Crippen molar-refractivity contribution in [2.24, 2.45) is 0 Å². The maximum atomic E-state index is 5.93. The average Bonchev–Trinajstić information content (AvgIpc) is 3.91. The van der Waals surface area contributed by atoms with Gasteiger partial charge in [0.15, 0.2) is 0 Å². The summed E-state index contributed by atoms with van der Waals surface area (Å²) in [5.41, 5.74) is 10.1. The van der Waals surface area contributed by atoms with Crippen molar-refractivity contribution in [3.63, 3.8) is 0 Å². The molecule has 266 valence electrons. The molecule has 0 atom stereocenters. The molecule has 4 heterocycles. The monoisotopic (exact) mass is 788 g/mol. The predicted octanol–water partition coefficient (Wildman–Crippen LogP) is 9.70. The molecule has 57 heavy (non-hydrogen) atoms. The first-order valence-corrected chi connectivity index (χ1v) is 23.7. The van der Waals surface area contributed by atoms with Crippen LogP contribution in [0.25, 0.3) is 77.6 Å². The molecule has 8 aromatic carbocycles. The predicted molar refractivity (Wildman–Crippen MR) is 239 cm³/mol. The molecule has 0 bridgehead atoms. The number of fused-ring (bicyclic) bond motifs is 10. The van der Waals surface area contributed by atoms with Crippen molar-refractivity contribution in [1.82, 2.24) is 19.1 Å². The van der Waals surface area contributed by atoms with Gasteiger partial charge in [-0.25, -0.2) is 0 Å². The molecule has 3 aromatic heterocycles. The minimum atomic E-state index is -3.74. The second kappa shape index (κ2) is 12.5. The van der Waals surface area contributed by atoms with Gasteiger partial charge in [-0.2, -0.15) is 0 Å². The fourth-order valence-electron chi connectivity index (χ4n) is 9.75. The van der Waals surface area contributed by atoms with Crippen LogP contribution in [0, 0.1) is 0 Å². The second-order valence-corrected chi connectivity index (χ2v) is 22.6. The molecule has 0 aliphatic carbocycles. The van der Waals surface area contributed by atoms with E-state index in [0.717, 1.165) is 33.5 Å². The molecule has 1 aliphatic rings. The van der Waals surface area contributed by atoms with E-state index in [4.69, 9.17) is 9.97 Å². The molecule has 11 aromatic rings. The Bertz CT molecular complexity index is 3290. The van der Waals surface area contributed by atoms with Crippen molar-refractivity contribution in [3.05, 3.63) is 206 Å². The third kappa shape index (κ3) is 4.50. The van der Waals surface area contributed by atoms with Crippen LogP contribution in [0.5, 0.6) is 0 Å². The van der Waals surface area contributed by atoms with E-state index in [9.17, 15) is 0 Å². The first-order valence-electron chi connectivity index (χ1n) is 19.5. The summed E-state index contributed by atoms with van der Waals surface area (Å²) in [6.07, 6.45) is 0. The molecule has 0 N–H and O–H groups in total. The zero-order valence-corrected chi connectivity index (χ0v) is 33.0. The van der Waals surface area contributed by atoms with Gasteiger partial charge in [-0.15, -0.1) is 0 Å². The van der Waals surface area contributed by atoms with Gasteiger partial charge in [0.05, 0.1) is 0 Å². The van der Waals surface area contributed by atoms with E-state index >= 15 is 0 Å². The fraction of sp³-hybridized carbons (Fsp3) is 0. The Balaban J connectivity index is 1.25. The van der Waals surface area contributed by atoms with Gasteiger partial charge in [0.1, 0.15) is 0 Å². The van der Waals surface area contributed by atoms with Gasteiger partial charge in [0, 0.05) is 0 Å². The molecule has 0 spiro atoms. The van der Waals surface area contributed by atoms with Crippen molar-refractivity contribution in [1.29, 1.82) is 0 Å². The molecule has 0 saturated heterocycles. The molecule has 1 aliphatic heterocycles. The Morgan fingerprint density at radius 1 is 0.386 bits per heavy atom. The van der Waals surface area contributed by atoms with Crippen molar-refractivity contribution < 1.29 is 0 Å². The van der Waals surface area contributed by atoms with E-state index in [1.165, 1.54) is 55.9 Å². The first-order chi connectivity index (χ1) is 28.3. The Hall–Kier alpha value is -7.02. The summed E-state index contributed by atoms with van der Waals surface area (Å²) >= 11 is -3.74. The molecular weight excluding hydrogens is 753 g/mol. The molecule has 0 fully saturated rings. The van der Waals surface area contributed by atoms with Gasteiger partial charge in [-0.05, 0) is 0 Å². The van der Waals surface area contributed by atoms with Gasteiger partial charge in [0.2, 0.25) is 0 Å².